The van der Waals surface area contributed by atoms with Gasteiger partial charge in [-0.25, -0.2) is 0 Å². The third-order valence-corrected chi connectivity index (χ3v) is 3.92. The summed E-state index contributed by atoms with van der Waals surface area (Å²) in [4.78, 5) is 45.3. The molecule has 9 heteroatoms. The van der Waals surface area contributed by atoms with Crippen molar-refractivity contribution in [2.45, 2.75) is 19.8 Å². The van der Waals surface area contributed by atoms with Gasteiger partial charge in [-0.1, -0.05) is 6.92 Å². The van der Waals surface area contributed by atoms with Gasteiger partial charge in [0.05, 0.1) is 13.0 Å². The summed E-state index contributed by atoms with van der Waals surface area (Å²) >= 11 is 0. The second-order valence-electron chi connectivity index (χ2n) is 5.64. The lowest BCUT2D eigenvalue weighted by molar-refractivity contribution is -0.490. The molecule has 1 saturated carbocycles. The molecule has 0 aliphatic heterocycles. The fourth-order valence-corrected chi connectivity index (χ4v) is 2.73. The van der Waals surface area contributed by atoms with E-state index in [-0.39, 0.29) is 31.1 Å². The second kappa shape index (κ2) is 9.19. The zero-order chi connectivity index (χ0) is 17.4. The molecule has 3 atom stereocenters. The van der Waals surface area contributed by atoms with Gasteiger partial charge in [0.1, 0.15) is 5.78 Å². The number of nitrogens with one attached hydrogen (secondary N) is 1. The molecule has 1 rings (SSSR count). The number of methoxy groups -OCH3 is 1. The van der Waals surface area contributed by atoms with Crippen molar-refractivity contribution in [1.82, 2.24) is 5.32 Å². The predicted molar refractivity (Wildman–Crippen MR) is 78.1 cm³/mol. The Balaban J connectivity index is 2.43. The normalized spacial score (nSPS) is 23.6. The van der Waals surface area contributed by atoms with Crippen molar-refractivity contribution in [1.29, 1.82) is 0 Å². The first-order chi connectivity index (χ1) is 10.8. The van der Waals surface area contributed by atoms with Crippen LogP contribution in [0.4, 0.5) is 0 Å². The van der Waals surface area contributed by atoms with Crippen molar-refractivity contribution in [2.75, 3.05) is 33.4 Å². The van der Waals surface area contributed by atoms with Gasteiger partial charge in [-0.15, -0.1) is 0 Å². The second-order valence-corrected chi connectivity index (χ2v) is 5.64. The fraction of sp³-hybridized carbons (Fsp3) is 0.786. The average molecular weight is 330 g/mol. The van der Waals surface area contributed by atoms with Gasteiger partial charge in [-0.05, 0) is 5.92 Å². The monoisotopic (exact) mass is 330 g/mol. The van der Waals surface area contributed by atoms with E-state index in [0.717, 1.165) is 0 Å². The first-order valence-corrected chi connectivity index (χ1v) is 7.41. The van der Waals surface area contributed by atoms with Crippen LogP contribution >= 0.6 is 0 Å². The summed E-state index contributed by atoms with van der Waals surface area (Å²) in [6.07, 6.45) is 0.000980. The van der Waals surface area contributed by atoms with Gasteiger partial charge in [0.2, 0.25) is 6.54 Å². The molecule has 1 N–H and O–H groups in total. The number of nitro groups is 1. The lowest BCUT2D eigenvalue weighted by Crippen LogP contribution is -2.32. The molecule has 3 unspecified atom stereocenters. The van der Waals surface area contributed by atoms with Gasteiger partial charge in [0.15, 0.2) is 6.61 Å². The Kier molecular flexibility index (Phi) is 7.60. The lowest BCUT2D eigenvalue weighted by atomic mass is 9.88. The van der Waals surface area contributed by atoms with Gasteiger partial charge in [0.25, 0.3) is 5.91 Å². The number of hydrogen-bond donors (Lipinski definition) is 1. The van der Waals surface area contributed by atoms with Crippen LogP contribution < -0.4 is 5.32 Å². The molecule has 130 valence electrons. The lowest BCUT2D eigenvalue weighted by Gasteiger charge is -2.17. The number of Topliss-reactive ketones (excluding diaryl/α,β-unsaturated/α-hetero) is 1. The van der Waals surface area contributed by atoms with Gasteiger partial charge < -0.3 is 14.8 Å². The quantitative estimate of drug-likeness (QED) is 0.268. The minimum absolute atomic E-state index is 0.136. The molecular formula is C14H22N2O7. The Labute approximate surface area is 133 Å². The summed E-state index contributed by atoms with van der Waals surface area (Å²) in [5, 5.41) is 13.2. The van der Waals surface area contributed by atoms with E-state index < -0.39 is 35.2 Å². The first kappa shape index (κ1) is 19.0. The van der Waals surface area contributed by atoms with E-state index in [0.29, 0.717) is 13.2 Å². The molecule has 0 spiro atoms. The molecule has 0 bridgehead atoms. The van der Waals surface area contributed by atoms with E-state index >= 15 is 0 Å². The van der Waals surface area contributed by atoms with E-state index in [4.69, 9.17) is 9.47 Å². The molecule has 0 aromatic heterocycles. The predicted octanol–water partition coefficient (Wildman–Crippen LogP) is -0.200. The smallest absolute Gasteiger partial charge is 0.307 e. The Bertz CT molecular complexity index is 466. The maximum Gasteiger partial charge on any atom is 0.307 e. The van der Waals surface area contributed by atoms with Crippen LogP contribution in [0.3, 0.4) is 0 Å². The summed E-state index contributed by atoms with van der Waals surface area (Å²) in [6.45, 7) is 1.62. The van der Waals surface area contributed by atoms with E-state index in [1.54, 1.807) is 6.92 Å². The molecule has 1 amide bonds. The molecule has 9 nitrogen and oxygen atoms in total. The first-order valence-electron chi connectivity index (χ1n) is 7.41. The van der Waals surface area contributed by atoms with Crippen molar-refractivity contribution >= 4 is 17.7 Å². The number of carbonyl (C=O) groups excluding carboxylic acids is 3. The fourth-order valence-electron chi connectivity index (χ4n) is 2.73. The number of carbonyl (C=O) groups is 3. The molecule has 1 aliphatic rings. The number of hydrogen-bond acceptors (Lipinski definition) is 7. The maximum absolute atomic E-state index is 11.9. The van der Waals surface area contributed by atoms with Crippen LogP contribution in [0.15, 0.2) is 0 Å². The van der Waals surface area contributed by atoms with Crippen LogP contribution in [0, 0.1) is 27.9 Å². The third-order valence-electron chi connectivity index (χ3n) is 3.92. The SMILES string of the molecule is COCCNC(=O)COC(=O)CC1C(=O)CC(C)C1C[N+](=O)[O-]. The molecule has 1 aliphatic carbocycles. The van der Waals surface area contributed by atoms with Crippen LogP contribution in [0.1, 0.15) is 19.8 Å². The van der Waals surface area contributed by atoms with Crippen molar-refractivity contribution < 1.29 is 28.8 Å². The van der Waals surface area contributed by atoms with Crippen LogP contribution in [0.2, 0.25) is 0 Å². The van der Waals surface area contributed by atoms with E-state index in [9.17, 15) is 24.5 Å². The van der Waals surface area contributed by atoms with E-state index in [1.165, 1.54) is 7.11 Å². The molecule has 0 aromatic rings. The van der Waals surface area contributed by atoms with Crippen LogP contribution in [0.25, 0.3) is 0 Å². The standard InChI is InChI=1S/C14H22N2O7/c1-9-5-12(17)10(11(9)7-16(20)21)6-14(19)23-8-13(18)15-3-4-22-2/h9-11H,3-8H2,1-2H3,(H,15,18). The van der Waals surface area contributed by atoms with Gasteiger partial charge in [-0.3, -0.25) is 24.5 Å². The van der Waals surface area contributed by atoms with Gasteiger partial charge >= 0.3 is 5.97 Å². The van der Waals surface area contributed by atoms with Crippen LogP contribution in [0.5, 0.6) is 0 Å². The minimum atomic E-state index is -0.709. The summed E-state index contributed by atoms with van der Waals surface area (Å²) < 4.78 is 9.58. The average Bonchev–Trinajstić information content (AvgIpc) is 2.72. The Morgan fingerprint density at radius 1 is 1.43 bits per heavy atom. The number of ketones is 1. The molecular weight excluding hydrogens is 308 g/mol. The summed E-state index contributed by atoms with van der Waals surface area (Å²) in [5.41, 5.74) is 0. The molecule has 0 saturated heterocycles. The number of amides is 1. The van der Waals surface area contributed by atoms with Crippen molar-refractivity contribution in [2.24, 2.45) is 17.8 Å². The van der Waals surface area contributed by atoms with Gasteiger partial charge in [0, 0.05) is 36.8 Å². The highest BCUT2D eigenvalue weighted by molar-refractivity contribution is 5.88. The number of nitrogens with zero attached hydrogens (tertiary/aromatic N) is 1. The molecule has 0 radical (unpaired) electrons. The molecule has 23 heavy (non-hydrogen) atoms. The summed E-state index contributed by atoms with van der Waals surface area (Å²) in [6, 6.07) is 0. The third kappa shape index (κ3) is 6.31. The zero-order valence-electron chi connectivity index (χ0n) is 13.3. The Morgan fingerprint density at radius 3 is 2.74 bits per heavy atom. The Morgan fingerprint density at radius 2 is 2.13 bits per heavy atom. The zero-order valence-corrected chi connectivity index (χ0v) is 13.3. The number of rotatable bonds is 9. The largest absolute Gasteiger partial charge is 0.456 e. The number of ether oxygens (including phenoxy) is 2. The van der Waals surface area contributed by atoms with Crippen molar-refractivity contribution in [3.8, 4) is 0 Å². The summed E-state index contributed by atoms with van der Waals surface area (Å²) in [5.74, 6) is -2.65. The maximum atomic E-state index is 11.9. The van der Waals surface area contributed by atoms with E-state index in [1.807, 2.05) is 0 Å². The van der Waals surface area contributed by atoms with Crippen molar-refractivity contribution in [3.05, 3.63) is 10.1 Å². The number of esters is 1. The topological polar surface area (TPSA) is 125 Å². The van der Waals surface area contributed by atoms with Crippen LogP contribution in [-0.2, 0) is 23.9 Å². The van der Waals surface area contributed by atoms with E-state index in [2.05, 4.69) is 5.32 Å². The highest BCUT2D eigenvalue weighted by Gasteiger charge is 2.44. The van der Waals surface area contributed by atoms with Crippen molar-refractivity contribution in [3.63, 3.8) is 0 Å². The van der Waals surface area contributed by atoms with Gasteiger partial charge in [-0.2, -0.15) is 0 Å². The molecule has 0 heterocycles. The van der Waals surface area contributed by atoms with Crippen LogP contribution in [-0.4, -0.2) is 56.0 Å². The molecule has 0 aromatic carbocycles. The molecule has 1 fully saturated rings. The minimum Gasteiger partial charge on any atom is -0.456 e. The highest BCUT2D eigenvalue weighted by Crippen LogP contribution is 2.36. The Hall–Kier alpha value is -2.03. The summed E-state index contributed by atoms with van der Waals surface area (Å²) in [7, 11) is 1.49. The highest BCUT2D eigenvalue weighted by atomic mass is 16.6.